The van der Waals surface area contributed by atoms with Gasteiger partial charge in [-0.1, -0.05) is 70.1 Å². The van der Waals surface area contributed by atoms with Crippen LogP contribution in [0, 0.1) is 0 Å². The topological polar surface area (TPSA) is 74.7 Å². The third-order valence-electron chi connectivity index (χ3n) is 5.30. The second kappa shape index (κ2) is 12.1. The molecule has 9 heteroatoms. The third-order valence-corrected chi connectivity index (χ3v) is 7.09. The molecule has 0 bridgehead atoms. The van der Waals surface area contributed by atoms with E-state index in [2.05, 4.69) is 6.92 Å². The Morgan fingerprint density at radius 3 is 2.06 bits per heavy atom. The summed E-state index contributed by atoms with van der Waals surface area (Å²) in [5, 5.41) is 10.1. The normalized spacial score (nSPS) is 12.0. The van der Waals surface area contributed by atoms with Crippen LogP contribution in [0.3, 0.4) is 0 Å². The van der Waals surface area contributed by atoms with E-state index in [0.29, 0.717) is 6.42 Å². The SMILES string of the molecule is CCCCCCCCCCS(=O)(=O)c1ccc(O)c(C(=O)N(c2ccccc2)C(F)(F)F)c1. The molecule has 0 aliphatic carbocycles. The predicted octanol–water partition coefficient (Wildman–Crippen LogP) is 6.47. The van der Waals surface area contributed by atoms with Gasteiger partial charge in [0.05, 0.1) is 21.9 Å². The van der Waals surface area contributed by atoms with Crippen molar-refractivity contribution in [3.8, 4) is 5.75 Å². The molecule has 2 aromatic rings. The fraction of sp³-hybridized carbons (Fsp3) is 0.458. The van der Waals surface area contributed by atoms with E-state index in [-0.39, 0.29) is 10.6 Å². The molecule has 0 aliphatic rings. The Hall–Kier alpha value is -2.55. The predicted molar refractivity (Wildman–Crippen MR) is 122 cm³/mol. The van der Waals surface area contributed by atoms with Crippen LogP contribution in [0.4, 0.5) is 18.9 Å². The minimum absolute atomic E-state index is 0.179. The van der Waals surface area contributed by atoms with E-state index in [1.165, 1.54) is 24.6 Å². The summed E-state index contributed by atoms with van der Waals surface area (Å²) in [6, 6.07) is 9.24. The van der Waals surface area contributed by atoms with Crippen molar-refractivity contribution in [3.05, 3.63) is 54.1 Å². The smallest absolute Gasteiger partial charge is 0.491 e. The van der Waals surface area contributed by atoms with Gasteiger partial charge in [-0.3, -0.25) is 4.79 Å². The molecule has 0 aliphatic heterocycles. The van der Waals surface area contributed by atoms with Crippen molar-refractivity contribution < 1.29 is 31.5 Å². The molecule has 0 saturated heterocycles. The van der Waals surface area contributed by atoms with Crippen LogP contribution in [-0.4, -0.2) is 31.5 Å². The van der Waals surface area contributed by atoms with Gasteiger partial charge < -0.3 is 5.11 Å². The van der Waals surface area contributed by atoms with Crippen molar-refractivity contribution in [1.82, 2.24) is 0 Å². The maximum absolute atomic E-state index is 13.7. The first-order valence-corrected chi connectivity index (χ1v) is 12.7. The molecule has 0 unspecified atom stereocenters. The molecule has 5 nitrogen and oxygen atoms in total. The van der Waals surface area contributed by atoms with Gasteiger partial charge in [0.1, 0.15) is 5.75 Å². The first-order valence-electron chi connectivity index (χ1n) is 11.1. The lowest BCUT2D eigenvalue weighted by Crippen LogP contribution is -2.43. The number of anilines is 1. The molecule has 0 atom stereocenters. The molecule has 0 heterocycles. The second-order valence-electron chi connectivity index (χ2n) is 7.92. The van der Waals surface area contributed by atoms with Crippen LogP contribution >= 0.6 is 0 Å². The molecular formula is C24H30F3NO4S. The summed E-state index contributed by atoms with van der Waals surface area (Å²) in [5.41, 5.74) is -1.17. The number of carbonyl (C=O) groups excluding carboxylic acids is 1. The van der Waals surface area contributed by atoms with Crippen LogP contribution in [-0.2, 0) is 9.84 Å². The summed E-state index contributed by atoms with van der Waals surface area (Å²) in [7, 11) is -3.82. The van der Waals surface area contributed by atoms with E-state index in [9.17, 15) is 31.5 Å². The highest BCUT2D eigenvalue weighted by Gasteiger charge is 2.43. The zero-order chi connectivity index (χ0) is 24.5. The molecule has 0 saturated carbocycles. The van der Waals surface area contributed by atoms with Gasteiger partial charge in [0, 0.05) is 0 Å². The van der Waals surface area contributed by atoms with E-state index in [1.54, 1.807) is 0 Å². The molecule has 0 spiro atoms. The number of phenols is 1. The minimum Gasteiger partial charge on any atom is -0.507 e. The Labute approximate surface area is 193 Å². The summed E-state index contributed by atoms with van der Waals surface area (Å²) < 4.78 is 66.4. The number of carbonyl (C=O) groups is 1. The highest BCUT2D eigenvalue weighted by atomic mass is 32.2. The van der Waals surface area contributed by atoms with Gasteiger partial charge >= 0.3 is 6.30 Å². The summed E-state index contributed by atoms with van der Waals surface area (Å²) >= 11 is 0. The quantitative estimate of drug-likeness (QED) is 0.276. The van der Waals surface area contributed by atoms with Crippen LogP contribution in [0.25, 0.3) is 0 Å². The lowest BCUT2D eigenvalue weighted by molar-refractivity contribution is -0.122. The Morgan fingerprint density at radius 1 is 0.909 bits per heavy atom. The fourth-order valence-electron chi connectivity index (χ4n) is 3.50. The molecule has 2 aromatic carbocycles. The van der Waals surface area contributed by atoms with Crippen molar-refractivity contribution in [2.24, 2.45) is 0 Å². The number of para-hydroxylation sites is 1. The molecule has 0 radical (unpaired) electrons. The van der Waals surface area contributed by atoms with E-state index in [1.807, 2.05) is 0 Å². The first-order chi connectivity index (χ1) is 15.6. The third kappa shape index (κ3) is 7.77. The number of sulfone groups is 1. The van der Waals surface area contributed by atoms with Crippen LogP contribution in [0.15, 0.2) is 53.4 Å². The number of nitrogens with zero attached hydrogens (tertiary/aromatic N) is 1. The standard InChI is InChI=1S/C24H30F3NO4S/c1-2-3-4-5-6-7-8-12-17-33(31,32)20-15-16-22(29)21(18-20)23(30)28(24(25,26)27)19-13-10-9-11-14-19/h9-11,13-16,18,29H,2-8,12,17H2,1H3. The van der Waals surface area contributed by atoms with E-state index in [0.717, 1.165) is 68.9 Å². The highest BCUT2D eigenvalue weighted by Crippen LogP contribution is 2.33. The largest absolute Gasteiger partial charge is 0.507 e. The summed E-state index contributed by atoms with van der Waals surface area (Å²) in [4.78, 5) is 12.0. The number of benzene rings is 2. The monoisotopic (exact) mass is 485 g/mol. The number of halogens is 3. The number of unbranched alkanes of at least 4 members (excludes halogenated alkanes) is 7. The lowest BCUT2D eigenvalue weighted by atomic mass is 10.1. The summed E-state index contributed by atoms with van der Waals surface area (Å²) in [6.07, 6.45) is 2.63. The number of alkyl halides is 3. The Kier molecular flexibility index (Phi) is 9.76. The maximum Gasteiger partial charge on any atom is 0.491 e. The van der Waals surface area contributed by atoms with Crippen molar-refractivity contribution in [3.63, 3.8) is 0 Å². The molecule has 182 valence electrons. The van der Waals surface area contributed by atoms with Crippen molar-refractivity contribution in [2.75, 3.05) is 10.7 Å². The van der Waals surface area contributed by atoms with Gasteiger partial charge in [-0.25, -0.2) is 13.3 Å². The van der Waals surface area contributed by atoms with Crippen LogP contribution in [0.1, 0.15) is 68.6 Å². The molecule has 1 N–H and O–H groups in total. The Bertz CT molecular complexity index is 1010. The van der Waals surface area contributed by atoms with Crippen LogP contribution in [0.2, 0.25) is 0 Å². The molecule has 1 amide bonds. The number of amides is 1. The summed E-state index contributed by atoms with van der Waals surface area (Å²) in [5.74, 6) is -2.46. The van der Waals surface area contributed by atoms with Gasteiger partial charge in [-0.15, -0.1) is 13.2 Å². The van der Waals surface area contributed by atoms with Gasteiger partial charge in [0.25, 0.3) is 5.91 Å². The van der Waals surface area contributed by atoms with Gasteiger partial charge in [0.2, 0.25) is 0 Å². The van der Waals surface area contributed by atoms with E-state index >= 15 is 0 Å². The van der Waals surface area contributed by atoms with Gasteiger partial charge in [0.15, 0.2) is 9.84 Å². The molecule has 2 rings (SSSR count). The summed E-state index contributed by atoms with van der Waals surface area (Å²) in [6.45, 7) is 2.13. The molecule has 0 fully saturated rings. The number of hydrogen-bond acceptors (Lipinski definition) is 4. The molecule has 0 aromatic heterocycles. The molecular weight excluding hydrogens is 455 g/mol. The van der Waals surface area contributed by atoms with E-state index < -0.39 is 43.9 Å². The average Bonchev–Trinajstić information content (AvgIpc) is 2.75. The van der Waals surface area contributed by atoms with Crippen molar-refractivity contribution >= 4 is 21.4 Å². The fourth-order valence-corrected chi connectivity index (χ4v) is 4.89. The van der Waals surface area contributed by atoms with E-state index in [4.69, 9.17) is 0 Å². The Morgan fingerprint density at radius 2 is 1.48 bits per heavy atom. The zero-order valence-electron chi connectivity index (χ0n) is 18.6. The average molecular weight is 486 g/mol. The number of rotatable bonds is 12. The number of aromatic hydroxyl groups is 1. The van der Waals surface area contributed by atoms with Gasteiger partial charge in [-0.2, -0.15) is 0 Å². The first kappa shape index (κ1) is 26.7. The molecule has 33 heavy (non-hydrogen) atoms. The zero-order valence-corrected chi connectivity index (χ0v) is 19.5. The number of phenolic OH excluding ortho intramolecular Hbond substituents is 1. The minimum atomic E-state index is -5.07. The van der Waals surface area contributed by atoms with Crippen LogP contribution < -0.4 is 4.90 Å². The van der Waals surface area contributed by atoms with Crippen molar-refractivity contribution in [1.29, 1.82) is 0 Å². The lowest BCUT2D eigenvalue weighted by Gasteiger charge is -2.25. The Balaban J connectivity index is 2.15. The maximum atomic E-state index is 13.7. The second-order valence-corrected chi connectivity index (χ2v) is 10.0. The van der Waals surface area contributed by atoms with Crippen molar-refractivity contribution in [2.45, 2.75) is 69.5 Å². The van der Waals surface area contributed by atoms with Crippen LogP contribution in [0.5, 0.6) is 5.75 Å². The highest BCUT2D eigenvalue weighted by molar-refractivity contribution is 7.91. The van der Waals surface area contributed by atoms with Gasteiger partial charge in [-0.05, 0) is 36.8 Å². The number of hydrogen-bond donors (Lipinski definition) is 1.